The molecular formula is C18H17FN2O2. The van der Waals surface area contributed by atoms with Crippen molar-refractivity contribution in [2.45, 2.75) is 19.8 Å². The third-order valence-corrected chi connectivity index (χ3v) is 3.84. The Morgan fingerprint density at radius 1 is 1.17 bits per heavy atom. The van der Waals surface area contributed by atoms with E-state index in [0.29, 0.717) is 23.5 Å². The van der Waals surface area contributed by atoms with Crippen LogP contribution in [0.4, 0.5) is 15.8 Å². The molecule has 5 heteroatoms. The molecule has 1 aliphatic rings. The average molecular weight is 312 g/mol. The maximum absolute atomic E-state index is 14.2. The van der Waals surface area contributed by atoms with Gasteiger partial charge >= 0.3 is 0 Å². The zero-order valence-electron chi connectivity index (χ0n) is 12.8. The minimum absolute atomic E-state index is 0.205. The van der Waals surface area contributed by atoms with Crippen LogP contribution < -0.4 is 10.2 Å². The highest BCUT2D eigenvalue weighted by Gasteiger charge is 2.26. The molecule has 3 rings (SSSR count). The van der Waals surface area contributed by atoms with Crippen molar-refractivity contribution in [3.05, 3.63) is 59.4 Å². The van der Waals surface area contributed by atoms with Crippen molar-refractivity contribution < 1.29 is 14.0 Å². The number of anilines is 2. The van der Waals surface area contributed by atoms with Gasteiger partial charge in [-0.05, 0) is 42.7 Å². The topological polar surface area (TPSA) is 49.4 Å². The number of hydrogen-bond donors (Lipinski definition) is 1. The van der Waals surface area contributed by atoms with Crippen molar-refractivity contribution in [1.82, 2.24) is 0 Å². The predicted molar refractivity (Wildman–Crippen MR) is 87.1 cm³/mol. The summed E-state index contributed by atoms with van der Waals surface area (Å²) in [6, 6.07) is 11.6. The van der Waals surface area contributed by atoms with Crippen LogP contribution in [0, 0.1) is 5.82 Å². The van der Waals surface area contributed by atoms with Gasteiger partial charge in [0.15, 0.2) is 0 Å². The predicted octanol–water partition coefficient (Wildman–Crippen LogP) is 3.38. The molecule has 0 fully saturated rings. The highest BCUT2D eigenvalue weighted by molar-refractivity contribution is 6.07. The molecule has 4 nitrogen and oxygen atoms in total. The standard InChI is InChI=1S/C18H17FN2O2/c1-12(22)20-15-8-2-6-14(11-15)18(23)21-10-4-7-13-5-3-9-16(19)17(13)21/h2-3,5-6,8-9,11H,4,7,10H2,1H3,(H,20,22). The molecule has 0 aliphatic carbocycles. The number of carbonyl (C=O) groups is 2. The molecule has 2 aromatic carbocycles. The van der Waals surface area contributed by atoms with E-state index in [4.69, 9.17) is 0 Å². The number of amides is 2. The Kier molecular flexibility index (Phi) is 4.10. The second-order valence-electron chi connectivity index (χ2n) is 5.57. The normalized spacial score (nSPS) is 13.4. The first kappa shape index (κ1) is 15.2. The van der Waals surface area contributed by atoms with Gasteiger partial charge in [0, 0.05) is 24.7 Å². The van der Waals surface area contributed by atoms with Gasteiger partial charge in [-0.25, -0.2) is 4.39 Å². The summed E-state index contributed by atoms with van der Waals surface area (Å²) in [5, 5.41) is 2.65. The first-order valence-electron chi connectivity index (χ1n) is 7.53. The number of aryl methyl sites for hydroxylation is 1. The summed E-state index contributed by atoms with van der Waals surface area (Å²) < 4.78 is 14.2. The molecule has 0 saturated carbocycles. The number of benzene rings is 2. The van der Waals surface area contributed by atoms with Gasteiger partial charge in [-0.1, -0.05) is 18.2 Å². The molecule has 0 aromatic heterocycles. The van der Waals surface area contributed by atoms with E-state index in [-0.39, 0.29) is 17.6 Å². The average Bonchev–Trinajstić information content (AvgIpc) is 2.53. The Balaban J connectivity index is 1.95. The van der Waals surface area contributed by atoms with Crippen LogP contribution >= 0.6 is 0 Å². The van der Waals surface area contributed by atoms with E-state index < -0.39 is 0 Å². The number of nitrogens with zero attached hydrogens (tertiary/aromatic N) is 1. The summed E-state index contributed by atoms with van der Waals surface area (Å²) in [6.45, 7) is 1.89. The van der Waals surface area contributed by atoms with Gasteiger partial charge in [0.2, 0.25) is 5.91 Å². The molecule has 2 amide bonds. The summed E-state index contributed by atoms with van der Waals surface area (Å²) in [5.74, 6) is -0.847. The van der Waals surface area contributed by atoms with Gasteiger partial charge in [-0.2, -0.15) is 0 Å². The number of nitrogens with one attached hydrogen (secondary N) is 1. The Bertz CT molecular complexity index is 773. The van der Waals surface area contributed by atoms with Gasteiger partial charge in [0.25, 0.3) is 5.91 Å². The molecule has 118 valence electrons. The minimum atomic E-state index is -0.381. The first-order chi connectivity index (χ1) is 11.1. The number of para-hydroxylation sites is 1. The van der Waals surface area contributed by atoms with Gasteiger partial charge in [-0.15, -0.1) is 0 Å². The first-order valence-corrected chi connectivity index (χ1v) is 7.53. The van der Waals surface area contributed by atoms with Gasteiger partial charge in [0.05, 0.1) is 5.69 Å². The summed E-state index contributed by atoms with van der Waals surface area (Å²) in [6.07, 6.45) is 1.57. The second kappa shape index (κ2) is 6.20. The minimum Gasteiger partial charge on any atom is -0.326 e. The van der Waals surface area contributed by atoms with Crippen molar-refractivity contribution in [2.24, 2.45) is 0 Å². The fourth-order valence-electron chi connectivity index (χ4n) is 2.90. The summed E-state index contributed by atoms with van der Waals surface area (Å²) in [4.78, 5) is 25.4. The van der Waals surface area contributed by atoms with Crippen LogP contribution in [0.15, 0.2) is 42.5 Å². The lowest BCUT2D eigenvalue weighted by molar-refractivity contribution is -0.114. The van der Waals surface area contributed by atoms with Crippen LogP contribution in [0.2, 0.25) is 0 Å². The van der Waals surface area contributed by atoms with Crippen molar-refractivity contribution in [1.29, 1.82) is 0 Å². The maximum Gasteiger partial charge on any atom is 0.258 e. The Labute approximate surface area is 133 Å². The van der Waals surface area contributed by atoms with E-state index in [1.165, 1.54) is 17.9 Å². The lowest BCUT2D eigenvalue weighted by atomic mass is 10.00. The Morgan fingerprint density at radius 3 is 2.74 bits per heavy atom. The second-order valence-corrected chi connectivity index (χ2v) is 5.57. The Morgan fingerprint density at radius 2 is 1.96 bits per heavy atom. The van der Waals surface area contributed by atoms with E-state index in [0.717, 1.165) is 18.4 Å². The van der Waals surface area contributed by atoms with Crippen molar-refractivity contribution >= 4 is 23.2 Å². The molecule has 1 N–H and O–H groups in total. The number of fused-ring (bicyclic) bond motifs is 1. The van der Waals surface area contributed by atoms with Crippen LogP contribution in [0.25, 0.3) is 0 Å². The highest BCUT2D eigenvalue weighted by atomic mass is 19.1. The monoisotopic (exact) mass is 312 g/mol. The highest BCUT2D eigenvalue weighted by Crippen LogP contribution is 2.31. The van der Waals surface area contributed by atoms with E-state index in [9.17, 15) is 14.0 Å². The molecule has 0 atom stereocenters. The van der Waals surface area contributed by atoms with Crippen molar-refractivity contribution in [3.8, 4) is 0 Å². The van der Waals surface area contributed by atoms with E-state index >= 15 is 0 Å². The van der Waals surface area contributed by atoms with Crippen LogP contribution in [-0.2, 0) is 11.2 Å². The molecule has 2 aromatic rings. The van der Waals surface area contributed by atoms with Gasteiger partial charge in [0.1, 0.15) is 5.82 Å². The molecule has 1 heterocycles. The molecule has 23 heavy (non-hydrogen) atoms. The quantitative estimate of drug-likeness (QED) is 0.924. The van der Waals surface area contributed by atoms with Crippen molar-refractivity contribution in [2.75, 3.05) is 16.8 Å². The van der Waals surface area contributed by atoms with E-state index in [2.05, 4.69) is 5.32 Å². The zero-order valence-corrected chi connectivity index (χ0v) is 12.8. The lowest BCUT2D eigenvalue weighted by Crippen LogP contribution is -2.36. The number of halogens is 1. The Hall–Kier alpha value is -2.69. The van der Waals surface area contributed by atoms with Crippen LogP contribution in [0.1, 0.15) is 29.3 Å². The van der Waals surface area contributed by atoms with Crippen LogP contribution in [0.5, 0.6) is 0 Å². The lowest BCUT2D eigenvalue weighted by Gasteiger charge is -2.30. The number of carbonyl (C=O) groups excluding carboxylic acids is 2. The molecule has 0 spiro atoms. The fourth-order valence-corrected chi connectivity index (χ4v) is 2.90. The van der Waals surface area contributed by atoms with Gasteiger partial charge in [-0.3, -0.25) is 9.59 Å². The van der Waals surface area contributed by atoms with E-state index in [1.54, 1.807) is 30.3 Å². The third-order valence-electron chi connectivity index (χ3n) is 3.84. The molecule has 0 bridgehead atoms. The number of hydrogen-bond acceptors (Lipinski definition) is 2. The summed E-state index contributed by atoms with van der Waals surface area (Å²) >= 11 is 0. The largest absolute Gasteiger partial charge is 0.326 e. The van der Waals surface area contributed by atoms with Gasteiger partial charge < -0.3 is 10.2 Å². The van der Waals surface area contributed by atoms with Crippen molar-refractivity contribution in [3.63, 3.8) is 0 Å². The van der Waals surface area contributed by atoms with E-state index in [1.807, 2.05) is 6.07 Å². The molecule has 0 unspecified atom stereocenters. The number of rotatable bonds is 2. The summed E-state index contributed by atoms with van der Waals surface area (Å²) in [5.41, 5.74) is 2.19. The summed E-state index contributed by atoms with van der Waals surface area (Å²) in [7, 11) is 0. The fraction of sp³-hybridized carbons (Fsp3) is 0.222. The molecule has 0 radical (unpaired) electrons. The SMILES string of the molecule is CC(=O)Nc1cccc(C(=O)N2CCCc3cccc(F)c32)c1. The zero-order chi connectivity index (χ0) is 16.4. The smallest absolute Gasteiger partial charge is 0.258 e. The molecule has 1 aliphatic heterocycles. The molecular weight excluding hydrogens is 295 g/mol. The van der Waals surface area contributed by atoms with Crippen LogP contribution in [-0.4, -0.2) is 18.4 Å². The molecule has 0 saturated heterocycles. The van der Waals surface area contributed by atoms with Crippen LogP contribution in [0.3, 0.4) is 0 Å². The maximum atomic E-state index is 14.2. The third kappa shape index (κ3) is 3.08.